The van der Waals surface area contributed by atoms with Crippen molar-refractivity contribution < 1.29 is 14.9 Å². The van der Waals surface area contributed by atoms with Gasteiger partial charge in [-0.2, -0.15) is 4.98 Å². The van der Waals surface area contributed by atoms with E-state index in [1.54, 1.807) is 0 Å². The molecule has 1 aromatic heterocycles. The van der Waals surface area contributed by atoms with Crippen LogP contribution in [-0.2, 0) is 0 Å². The van der Waals surface area contributed by atoms with Gasteiger partial charge in [-0.15, -0.1) is 0 Å². The first-order chi connectivity index (χ1) is 4.83. The van der Waals surface area contributed by atoms with E-state index in [-0.39, 0.29) is 25.1 Å². The number of hydrogen-bond donors (Lipinski definition) is 3. The Morgan fingerprint density at radius 3 is 3.00 bits per heavy atom. The molecule has 0 aromatic carbocycles. The fourth-order valence-corrected chi connectivity index (χ4v) is 0.510. The molecule has 0 amide bonds. The zero-order chi connectivity index (χ0) is 7.40. The maximum absolute atomic E-state index is 8.69. The van der Waals surface area contributed by atoms with Crippen molar-refractivity contribution in [3.8, 4) is 11.9 Å². The molecular formula is C5H8N2O3. The zero-order valence-corrected chi connectivity index (χ0v) is 5.24. The smallest absolute Gasteiger partial charge is 0.296 e. The van der Waals surface area contributed by atoms with Crippen LogP contribution in [0.2, 0.25) is 0 Å². The average molecular weight is 144 g/mol. The average Bonchev–Trinajstić information content (AvgIpc) is 2.31. The van der Waals surface area contributed by atoms with Gasteiger partial charge in [-0.1, -0.05) is 0 Å². The highest BCUT2D eigenvalue weighted by Gasteiger charge is 1.96. The van der Waals surface area contributed by atoms with Gasteiger partial charge < -0.3 is 14.9 Å². The lowest BCUT2D eigenvalue weighted by Crippen LogP contribution is -2.02. The Balaban J connectivity index is 2.42. The quantitative estimate of drug-likeness (QED) is 0.533. The number of aromatic hydroxyl groups is 1. The van der Waals surface area contributed by atoms with Gasteiger partial charge in [-0.05, 0) is 0 Å². The third-order valence-electron chi connectivity index (χ3n) is 0.869. The number of aromatic amines is 1. The maximum Gasteiger partial charge on any atom is 0.296 e. The van der Waals surface area contributed by atoms with Crippen LogP contribution in [-0.4, -0.2) is 33.4 Å². The summed E-state index contributed by atoms with van der Waals surface area (Å²) in [5, 5.41) is 17.0. The van der Waals surface area contributed by atoms with E-state index in [0.717, 1.165) is 0 Å². The van der Waals surface area contributed by atoms with E-state index in [2.05, 4.69) is 9.97 Å². The molecule has 0 fully saturated rings. The van der Waals surface area contributed by atoms with Crippen LogP contribution < -0.4 is 4.74 Å². The first-order valence-electron chi connectivity index (χ1n) is 2.80. The molecule has 0 saturated carbocycles. The van der Waals surface area contributed by atoms with E-state index < -0.39 is 0 Å². The highest BCUT2D eigenvalue weighted by atomic mass is 16.5. The predicted octanol–water partition coefficient (Wildman–Crippen LogP) is -0.514. The summed E-state index contributed by atoms with van der Waals surface area (Å²) in [6, 6.07) is 0.214. The lowest BCUT2D eigenvalue weighted by Gasteiger charge is -1.96. The van der Waals surface area contributed by atoms with E-state index >= 15 is 0 Å². The molecule has 3 N–H and O–H groups in total. The van der Waals surface area contributed by atoms with Gasteiger partial charge in [0, 0.05) is 0 Å². The number of H-pyrrole nitrogens is 1. The highest BCUT2D eigenvalue weighted by molar-refractivity contribution is 5.08. The molecule has 5 nitrogen and oxygen atoms in total. The number of aromatic nitrogens is 2. The number of aliphatic hydroxyl groups excluding tert-OH is 1. The van der Waals surface area contributed by atoms with Gasteiger partial charge in [-0.3, -0.25) is 4.98 Å². The van der Waals surface area contributed by atoms with Gasteiger partial charge >= 0.3 is 0 Å². The van der Waals surface area contributed by atoms with Crippen LogP contribution in [0.1, 0.15) is 0 Å². The highest BCUT2D eigenvalue weighted by Crippen LogP contribution is 2.08. The summed E-state index contributed by atoms with van der Waals surface area (Å²) in [5.41, 5.74) is 0. The van der Waals surface area contributed by atoms with Gasteiger partial charge in [-0.25, -0.2) is 0 Å². The van der Waals surface area contributed by atoms with E-state index in [1.807, 2.05) is 0 Å². The zero-order valence-electron chi connectivity index (χ0n) is 5.24. The third-order valence-corrected chi connectivity index (χ3v) is 0.869. The molecule has 0 aliphatic carbocycles. The van der Waals surface area contributed by atoms with Crippen LogP contribution in [0.25, 0.3) is 0 Å². The molecule has 0 atom stereocenters. The van der Waals surface area contributed by atoms with Crippen molar-refractivity contribution in [1.29, 1.82) is 0 Å². The normalized spacial score (nSPS) is 9.70. The third kappa shape index (κ3) is 1.63. The molecule has 0 unspecified atom stereocenters. The minimum absolute atomic E-state index is 0.0482. The second-order valence-corrected chi connectivity index (χ2v) is 1.65. The Morgan fingerprint density at radius 1 is 1.70 bits per heavy atom. The van der Waals surface area contributed by atoms with Gasteiger partial charge in [0.1, 0.15) is 6.61 Å². The molecule has 1 heterocycles. The SMILES string of the molecule is OCCOc1ncc(O)[nH]1. The van der Waals surface area contributed by atoms with Crippen molar-refractivity contribution in [2.45, 2.75) is 0 Å². The monoisotopic (exact) mass is 144 g/mol. The predicted molar refractivity (Wildman–Crippen MR) is 32.8 cm³/mol. The van der Waals surface area contributed by atoms with Crippen molar-refractivity contribution in [3.05, 3.63) is 6.20 Å². The van der Waals surface area contributed by atoms with E-state index in [4.69, 9.17) is 14.9 Å². The van der Waals surface area contributed by atoms with Crippen LogP contribution in [0.4, 0.5) is 0 Å². The van der Waals surface area contributed by atoms with Crippen LogP contribution in [0.3, 0.4) is 0 Å². The van der Waals surface area contributed by atoms with Crippen LogP contribution >= 0.6 is 0 Å². The van der Waals surface area contributed by atoms with E-state index in [0.29, 0.717) is 0 Å². The van der Waals surface area contributed by atoms with Gasteiger partial charge in [0.25, 0.3) is 6.01 Å². The Hall–Kier alpha value is -1.23. The number of ether oxygens (including phenoxy) is 1. The minimum Gasteiger partial charge on any atom is -0.493 e. The molecule has 0 bridgehead atoms. The molecule has 0 spiro atoms. The molecule has 0 radical (unpaired) electrons. The van der Waals surface area contributed by atoms with Crippen LogP contribution in [0, 0.1) is 0 Å². The summed E-state index contributed by atoms with van der Waals surface area (Å²) < 4.78 is 4.80. The van der Waals surface area contributed by atoms with Crippen molar-refractivity contribution >= 4 is 0 Å². The standard InChI is InChI=1S/C5H8N2O3/c8-1-2-10-5-6-3-4(9)7-5/h3,8-9H,1-2H2,(H,6,7). The van der Waals surface area contributed by atoms with Crippen molar-refractivity contribution in [2.75, 3.05) is 13.2 Å². The second-order valence-electron chi connectivity index (χ2n) is 1.65. The number of hydrogen-bond acceptors (Lipinski definition) is 4. The van der Waals surface area contributed by atoms with Crippen LogP contribution in [0.15, 0.2) is 6.20 Å². The summed E-state index contributed by atoms with van der Waals surface area (Å²) in [4.78, 5) is 6.04. The molecule has 0 saturated heterocycles. The fourth-order valence-electron chi connectivity index (χ4n) is 0.510. The number of imidazole rings is 1. The van der Waals surface area contributed by atoms with Gasteiger partial charge in [0.15, 0.2) is 0 Å². The Bertz CT molecular complexity index is 199. The molecule has 56 valence electrons. The summed E-state index contributed by atoms with van der Waals surface area (Å²) in [7, 11) is 0. The largest absolute Gasteiger partial charge is 0.493 e. The number of rotatable bonds is 3. The minimum atomic E-state index is -0.0680. The van der Waals surface area contributed by atoms with E-state index in [9.17, 15) is 0 Å². The van der Waals surface area contributed by atoms with Gasteiger partial charge in [0.2, 0.25) is 5.88 Å². The molecule has 5 heteroatoms. The number of nitrogens with zero attached hydrogens (tertiary/aromatic N) is 1. The number of aliphatic hydroxyl groups is 1. The summed E-state index contributed by atoms with van der Waals surface area (Å²) in [6.07, 6.45) is 1.23. The summed E-state index contributed by atoms with van der Waals surface area (Å²) >= 11 is 0. The Morgan fingerprint density at radius 2 is 2.50 bits per heavy atom. The topological polar surface area (TPSA) is 78.4 Å². The fraction of sp³-hybridized carbons (Fsp3) is 0.400. The molecule has 10 heavy (non-hydrogen) atoms. The van der Waals surface area contributed by atoms with Crippen molar-refractivity contribution in [2.24, 2.45) is 0 Å². The van der Waals surface area contributed by atoms with E-state index in [1.165, 1.54) is 6.20 Å². The molecule has 0 aliphatic rings. The first kappa shape index (κ1) is 6.88. The van der Waals surface area contributed by atoms with Gasteiger partial charge in [0.05, 0.1) is 12.8 Å². The van der Waals surface area contributed by atoms with Crippen LogP contribution in [0.5, 0.6) is 11.9 Å². The first-order valence-corrected chi connectivity index (χ1v) is 2.80. The van der Waals surface area contributed by atoms with Crippen molar-refractivity contribution in [3.63, 3.8) is 0 Å². The Labute approximate surface area is 57.3 Å². The Kier molecular flexibility index (Phi) is 2.11. The molecule has 1 rings (SSSR count). The maximum atomic E-state index is 8.69. The number of nitrogens with one attached hydrogen (secondary N) is 1. The lowest BCUT2D eigenvalue weighted by atomic mass is 10.8. The lowest BCUT2D eigenvalue weighted by molar-refractivity contribution is 0.192. The summed E-state index contributed by atoms with van der Waals surface area (Å²) in [5.74, 6) is -0.0482. The second kappa shape index (κ2) is 3.07. The molecular weight excluding hydrogens is 136 g/mol. The molecule has 1 aromatic rings. The van der Waals surface area contributed by atoms with Crippen molar-refractivity contribution in [1.82, 2.24) is 9.97 Å². The summed E-state index contributed by atoms with van der Waals surface area (Å²) in [6.45, 7) is 0.106. The molecule has 0 aliphatic heterocycles.